The summed E-state index contributed by atoms with van der Waals surface area (Å²) in [4.78, 5) is 30.0. The molecule has 1 amide bonds. The number of Topliss-reactive ketones (excluding diaryl/α,β-unsaturated/α-hetero) is 1. The van der Waals surface area contributed by atoms with Crippen molar-refractivity contribution in [2.24, 2.45) is 17.6 Å². The molecule has 9 nitrogen and oxygen atoms in total. The fraction of sp³-hybridized carbons (Fsp3) is 0.562. The molecule has 0 spiro atoms. The molecule has 1 aromatic carbocycles. The second-order valence-corrected chi connectivity index (χ2v) is 12.6. The van der Waals surface area contributed by atoms with Gasteiger partial charge in [0, 0.05) is 40.8 Å². The van der Waals surface area contributed by atoms with E-state index in [9.17, 15) is 30.0 Å². The first kappa shape index (κ1) is 30.3. The Balaban J connectivity index is 1.58. The van der Waals surface area contributed by atoms with Gasteiger partial charge in [0.2, 0.25) is 0 Å². The maximum atomic E-state index is 16.3. The van der Waals surface area contributed by atoms with E-state index in [0.717, 1.165) is 38.6 Å². The van der Waals surface area contributed by atoms with Crippen molar-refractivity contribution in [2.45, 2.75) is 82.5 Å². The zero-order chi connectivity index (χ0) is 30.7. The predicted octanol–water partition coefficient (Wildman–Crippen LogP) is 3.79. The first-order chi connectivity index (χ1) is 19.8. The minimum absolute atomic E-state index is 0.0112. The number of allylic oxidation sites excluding steroid dienone is 1. The standard InChI is InChI=1S/C32H42FN3O6/c1-5-11-36(19-9-7-6-8-10-19)15-18-14-22(37)25-20(26(18)33)12-17-13-21-27(35(3)4)29(39)23(31(34)41)16(2)32(21,42)30(40)24(17)28(25)38/h14,17,19,21,27,37,39-40,42H,2,5-13,15H2,1,3-4H3,(H2,34,41)/t17-,21-,27-,32-/m0/s1. The highest BCUT2D eigenvalue weighted by molar-refractivity contribution is 6.13. The number of ketones is 1. The summed E-state index contributed by atoms with van der Waals surface area (Å²) in [6, 6.07) is 0.711. The van der Waals surface area contributed by atoms with Gasteiger partial charge in [0.25, 0.3) is 5.91 Å². The lowest BCUT2D eigenvalue weighted by atomic mass is 9.57. The van der Waals surface area contributed by atoms with Crippen molar-refractivity contribution >= 4 is 11.7 Å². The van der Waals surface area contributed by atoms with Gasteiger partial charge in [0.1, 0.15) is 23.1 Å². The molecular formula is C32H42FN3O6. The molecule has 4 aliphatic carbocycles. The minimum atomic E-state index is -2.28. The minimum Gasteiger partial charge on any atom is -0.510 e. The van der Waals surface area contributed by atoms with Gasteiger partial charge in [-0.2, -0.15) is 0 Å². The Bertz CT molecular complexity index is 1390. The molecular weight excluding hydrogens is 541 g/mol. The summed E-state index contributed by atoms with van der Waals surface area (Å²) in [5.74, 6) is -5.44. The van der Waals surface area contributed by atoms with Crippen LogP contribution in [0.1, 0.15) is 73.4 Å². The highest BCUT2D eigenvalue weighted by Crippen LogP contribution is 2.55. The zero-order valence-electron chi connectivity index (χ0n) is 24.6. The number of carbonyl (C=O) groups excluding carboxylic acids is 2. The van der Waals surface area contributed by atoms with Crippen LogP contribution in [0.5, 0.6) is 5.75 Å². The first-order valence-electron chi connectivity index (χ1n) is 14.9. The molecule has 0 aliphatic heterocycles. The van der Waals surface area contributed by atoms with Crippen LogP contribution in [-0.4, -0.2) is 80.2 Å². The van der Waals surface area contributed by atoms with Crippen molar-refractivity contribution in [3.63, 3.8) is 0 Å². The Morgan fingerprint density at radius 2 is 1.86 bits per heavy atom. The number of hydrogen-bond donors (Lipinski definition) is 5. The van der Waals surface area contributed by atoms with Crippen LogP contribution in [0.25, 0.3) is 0 Å². The van der Waals surface area contributed by atoms with Crippen LogP contribution in [-0.2, 0) is 17.8 Å². The van der Waals surface area contributed by atoms with Crippen LogP contribution in [0.2, 0.25) is 0 Å². The number of fused-ring (bicyclic) bond motifs is 3. The van der Waals surface area contributed by atoms with Crippen molar-refractivity contribution in [3.8, 4) is 5.75 Å². The number of phenols is 1. The summed E-state index contributed by atoms with van der Waals surface area (Å²) in [7, 11) is 3.29. The number of hydrogen-bond acceptors (Lipinski definition) is 8. The maximum absolute atomic E-state index is 16.3. The lowest BCUT2D eigenvalue weighted by Gasteiger charge is -2.52. The van der Waals surface area contributed by atoms with Gasteiger partial charge in [-0.15, -0.1) is 0 Å². The van der Waals surface area contributed by atoms with Crippen molar-refractivity contribution in [1.29, 1.82) is 0 Å². The lowest BCUT2D eigenvalue weighted by molar-refractivity contribution is -0.115. The number of nitrogens with two attached hydrogens (primary N) is 1. The number of aromatic hydroxyl groups is 1. The molecule has 0 heterocycles. The normalized spacial score (nSPS) is 28.3. The molecule has 1 fully saturated rings. The van der Waals surface area contributed by atoms with Crippen LogP contribution >= 0.6 is 0 Å². The SMILES string of the molecule is C=C1C(C(N)=O)=C(O)[C@@H](N(C)C)[C@@H]2C[C@@H]3Cc4c(F)c(CN(CCC)C5CCCCC5)cc(O)c4C(=O)C3=C(O)[C@]12O. The summed E-state index contributed by atoms with van der Waals surface area (Å²) in [5.41, 5.74) is 2.57. The van der Waals surface area contributed by atoms with E-state index in [1.807, 2.05) is 0 Å². The summed E-state index contributed by atoms with van der Waals surface area (Å²) < 4.78 is 16.3. The number of likely N-dealkylation sites (N-methyl/N-ethyl adjacent to an activating group) is 1. The van der Waals surface area contributed by atoms with E-state index >= 15 is 4.39 Å². The summed E-state index contributed by atoms with van der Waals surface area (Å²) in [5, 5.41) is 45.6. The van der Waals surface area contributed by atoms with Crippen LogP contribution in [0.4, 0.5) is 4.39 Å². The summed E-state index contributed by atoms with van der Waals surface area (Å²) in [6.45, 7) is 6.99. The number of aliphatic hydroxyl groups is 3. The Hall–Kier alpha value is -3.21. The number of aliphatic hydroxyl groups excluding tert-OH is 2. The highest BCUT2D eigenvalue weighted by Gasteiger charge is 2.60. The number of primary amides is 1. The van der Waals surface area contributed by atoms with Crippen molar-refractivity contribution in [1.82, 2.24) is 9.80 Å². The average molecular weight is 584 g/mol. The van der Waals surface area contributed by atoms with E-state index in [2.05, 4.69) is 18.4 Å². The van der Waals surface area contributed by atoms with Crippen molar-refractivity contribution < 1.29 is 34.4 Å². The van der Waals surface area contributed by atoms with Crippen LogP contribution in [0.15, 0.2) is 40.9 Å². The number of benzene rings is 1. The van der Waals surface area contributed by atoms with Crippen LogP contribution in [0.3, 0.4) is 0 Å². The molecule has 5 rings (SSSR count). The van der Waals surface area contributed by atoms with Gasteiger partial charge in [0.05, 0.1) is 17.2 Å². The molecule has 228 valence electrons. The van der Waals surface area contributed by atoms with Gasteiger partial charge in [-0.05, 0) is 64.7 Å². The molecule has 10 heteroatoms. The molecule has 0 unspecified atom stereocenters. The molecule has 6 N–H and O–H groups in total. The Morgan fingerprint density at radius 1 is 1.19 bits per heavy atom. The average Bonchev–Trinajstić information content (AvgIpc) is 2.93. The third-order valence-corrected chi connectivity index (χ3v) is 9.89. The molecule has 4 atom stereocenters. The molecule has 42 heavy (non-hydrogen) atoms. The molecule has 0 radical (unpaired) electrons. The van der Waals surface area contributed by atoms with Crippen molar-refractivity contribution in [2.75, 3.05) is 20.6 Å². The zero-order valence-corrected chi connectivity index (χ0v) is 24.6. The fourth-order valence-electron chi connectivity index (χ4n) is 7.98. The molecule has 0 bridgehead atoms. The third kappa shape index (κ3) is 4.55. The van der Waals surface area contributed by atoms with Gasteiger partial charge in [0.15, 0.2) is 11.4 Å². The maximum Gasteiger partial charge on any atom is 0.252 e. The summed E-state index contributed by atoms with van der Waals surface area (Å²) >= 11 is 0. The molecule has 4 aliphatic rings. The second-order valence-electron chi connectivity index (χ2n) is 12.6. The molecule has 1 aromatic rings. The van der Waals surface area contributed by atoms with E-state index < -0.39 is 52.3 Å². The van der Waals surface area contributed by atoms with E-state index in [-0.39, 0.29) is 46.6 Å². The largest absolute Gasteiger partial charge is 0.510 e. The van der Waals surface area contributed by atoms with Crippen LogP contribution in [0, 0.1) is 17.7 Å². The van der Waals surface area contributed by atoms with E-state index in [4.69, 9.17) is 5.73 Å². The number of carbonyl (C=O) groups is 2. The number of nitrogens with zero attached hydrogens (tertiary/aromatic N) is 2. The quantitative estimate of drug-likeness (QED) is 0.326. The van der Waals surface area contributed by atoms with Crippen LogP contribution < -0.4 is 5.73 Å². The lowest BCUT2D eigenvalue weighted by Crippen LogP contribution is -2.60. The first-order valence-corrected chi connectivity index (χ1v) is 14.9. The van der Waals surface area contributed by atoms with Gasteiger partial charge in [-0.25, -0.2) is 4.39 Å². The van der Waals surface area contributed by atoms with Gasteiger partial charge in [-0.3, -0.25) is 19.4 Å². The second kappa shape index (κ2) is 11.1. The number of halogens is 1. The Labute approximate surface area is 245 Å². The molecule has 0 aromatic heterocycles. The van der Waals surface area contributed by atoms with E-state index in [0.29, 0.717) is 18.2 Å². The van der Waals surface area contributed by atoms with Gasteiger partial charge < -0.3 is 26.2 Å². The number of rotatable bonds is 7. The van der Waals surface area contributed by atoms with Crippen molar-refractivity contribution in [3.05, 3.63) is 63.4 Å². The van der Waals surface area contributed by atoms with E-state index in [1.54, 1.807) is 19.0 Å². The topological polar surface area (TPSA) is 148 Å². The molecule has 0 saturated heterocycles. The monoisotopic (exact) mass is 583 g/mol. The Kier molecular flexibility index (Phi) is 8.02. The smallest absolute Gasteiger partial charge is 0.252 e. The fourth-order valence-corrected chi connectivity index (χ4v) is 7.98. The van der Waals surface area contributed by atoms with E-state index in [1.165, 1.54) is 12.5 Å². The Morgan fingerprint density at radius 3 is 2.45 bits per heavy atom. The third-order valence-electron chi connectivity index (χ3n) is 9.89. The predicted molar refractivity (Wildman–Crippen MR) is 155 cm³/mol. The van der Waals surface area contributed by atoms with Gasteiger partial charge >= 0.3 is 0 Å². The number of amides is 1. The van der Waals surface area contributed by atoms with Gasteiger partial charge in [-0.1, -0.05) is 32.8 Å². The summed E-state index contributed by atoms with van der Waals surface area (Å²) in [6.07, 6.45) is 6.57. The highest BCUT2D eigenvalue weighted by atomic mass is 19.1. The number of phenolic OH excluding ortho intramolecular Hbond substituents is 1. The molecule has 1 saturated carbocycles.